The first-order valence-corrected chi connectivity index (χ1v) is 5.60. The molecule has 1 fully saturated rings. The van der Waals surface area contributed by atoms with Crippen LogP contribution in [0.4, 0.5) is 4.79 Å². The average Bonchev–Trinajstić information content (AvgIpc) is 2.42. The minimum absolute atomic E-state index is 0.0480. The molecule has 1 aliphatic rings. The molecule has 0 bridgehead atoms. The molecule has 1 aliphatic carbocycles. The van der Waals surface area contributed by atoms with E-state index in [2.05, 4.69) is 5.32 Å². The highest BCUT2D eigenvalue weighted by Gasteiger charge is 2.33. The van der Waals surface area contributed by atoms with E-state index in [9.17, 15) is 9.90 Å². The van der Waals surface area contributed by atoms with E-state index in [1.165, 1.54) is 0 Å². The van der Waals surface area contributed by atoms with Gasteiger partial charge in [0.1, 0.15) is 5.60 Å². The van der Waals surface area contributed by atoms with Crippen LogP contribution in [0.15, 0.2) is 0 Å². The van der Waals surface area contributed by atoms with Gasteiger partial charge in [0.15, 0.2) is 0 Å². The third-order valence-electron chi connectivity index (χ3n) is 2.61. The van der Waals surface area contributed by atoms with Gasteiger partial charge in [-0.1, -0.05) is 0 Å². The third kappa shape index (κ3) is 3.98. The van der Waals surface area contributed by atoms with Gasteiger partial charge in [-0.25, -0.2) is 4.79 Å². The van der Waals surface area contributed by atoms with Gasteiger partial charge in [-0.3, -0.25) is 0 Å². The first-order valence-electron chi connectivity index (χ1n) is 5.60. The second kappa shape index (κ2) is 5.01. The van der Waals surface area contributed by atoms with E-state index in [-0.39, 0.29) is 18.6 Å². The summed E-state index contributed by atoms with van der Waals surface area (Å²) >= 11 is 0. The Bertz CT molecular complexity index is 249. The number of rotatable bonds is 2. The van der Waals surface area contributed by atoms with Crippen molar-refractivity contribution in [2.45, 2.75) is 51.4 Å². The molecule has 0 aliphatic heterocycles. The van der Waals surface area contributed by atoms with Crippen LogP contribution in [0.2, 0.25) is 0 Å². The van der Waals surface area contributed by atoms with Crippen LogP contribution < -0.4 is 5.32 Å². The number of hydrogen-bond acceptors (Lipinski definition) is 4. The molecule has 5 heteroatoms. The van der Waals surface area contributed by atoms with Gasteiger partial charge < -0.3 is 20.3 Å². The molecule has 16 heavy (non-hydrogen) atoms. The molecular weight excluding hydrogens is 210 g/mol. The van der Waals surface area contributed by atoms with E-state index in [0.29, 0.717) is 12.8 Å². The van der Waals surface area contributed by atoms with E-state index in [4.69, 9.17) is 9.84 Å². The van der Waals surface area contributed by atoms with Gasteiger partial charge in [-0.2, -0.15) is 0 Å². The molecule has 0 radical (unpaired) electrons. The largest absolute Gasteiger partial charge is 0.444 e. The average molecular weight is 231 g/mol. The number of alkyl carbamates (subject to hydrolysis) is 1. The minimum Gasteiger partial charge on any atom is -0.444 e. The van der Waals surface area contributed by atoms with Crippen molar-refractivity contribution < 1.29 is 19.7 Å². The number of ether oxygens (including phenoxy) is 1. The summed E-state index contributed by atoms with van der Waals surface area (Å²) < 4.78 is 5.11. The highest BCUT2D eigenvalue weighted by atomic mass is 16.6. The van der Waals surface area contributed by atoms with Gasteiger partial charge >= 0.3 is 6.09 Å². The number of amides is 1. The molecule has 1 saturated carbocycles. The summed E-state index contributed by atoms with van der Waals surface area (Å²) in [6.45, 7) is 5.35. The van der Waals surface area contributed by atoms with Crippen molar-refractivity contribution in [2.24, 2.45) is 5.92 Å². The summed E-state index contributed by atoms with van der Waals surface area (Å²) in [6, 6.07) is -0.109. The van der Waals surface area contributed by atoms with Crippen LogP contribution in [0.1, 0.15) is 33.6 Å². The monoisotopic (exact) mass is 231 g/mol. The van der Waals surface area contributed by atoms with Crippen molar-refractivity contribution in [3.63, 3.8) is 0 Å². The summed E-state index contributed by atoms with van der Waals surface area (Å²) in [5, 5.41) is 21.2. The van der Waals surface area contributed by atoms with Crippen molar-refractivity contribution in [2.75, 3.05) is 6.61 Å². The summed E-state index contributed by atoms with van der Waals surface area (Å²) in [5.41, 5.74) is -0.516. The topological polar surface area (TPSA) is 78.8 Å². The summed E-state index contributed by atoms with van der Waals surface area (Å²) in [4.78, 5) is 11.4. The lowest BCUT2D eigenvalue weighted by Crippen LogP contribution is -2.38. The lowest BCUT2D eigenvalue weighted by Gasteiger charge is -2.21. The fraction of sp³-hybridized carbons (Fsp3) is 0.909. The molecule has 3 atom stereocenters. The normalized spacial score (nSPS) is 30.2. The Morgan fingerprint density at radius 2 is 2.06 bits per heavy atom. The molecule has 3 N–H and O–H groups in total. The fourth-order valence-corrected chi connectivity index (χ4v) is 1.89. The second-order valence-electron chi connectivity index (χ2n) is 5.32. The Kier molecular flexibility index (Phi) is 4.15. The molecule has 1 amide bonds. The number of aliphatic hydroxyl groups is 2. The van der Waals surface area contributed by atoms with Crippen LogP contribution >= 0.6 is 0 Å². The maximum absolute atomic E-state index is 11.4. The summed E-state index contributed by atoms with van der Waals surface area (Å²) in [6.07, 6.45) is 0.0645. The molecule has 0 aromatic carbocycles. The molecule has 0 aromatic heterocycles. The van der Waals surface area contributed by atoms with Crippen molar-refractivity contribution in [1.82, 2.24) is 5.32 Å². The third-order valence-corrected chi connectivity index (χ3v) is 2.61. The van der Waals surface area contributed by atoms with Gasteiger partial charge in [0, 0.05) is 18.6 Å². The molecule has 5 nitrogen and oxygen atoms in total. The highest BCUT2D eigenvalue weighted by molar-refractivity contribution is 5.68. The SMILES string of the molecule is CC(C)(C)OC(=O)NC1CC(O)C(CO)C1. The van der Waals surface area contributed by atoms with Gasteiger partial charge in [0.25, 0.3) is 0 Å². The minimum atomic E-state index is -0.537. The Balaban J connectivity index is 2.36. The highest BCUT2D eigenvalue weighted by Crippen LogP contribution is 2.25. The van der Waals surface area contributed by atoms with Crippen molar-refractivity contribution in [1.29, 1.82) is 0 Å². The van der Waals surface area contributed by atoms with E-state index < -0.39 is 17.8 Å². The zero-order valence-corrected chi connectivity index (χ0v) is 10.1. The quantitative estimate of drug-likeness (QED) is 0.651. The van der Waals surface area contributed by atoms with Crippen molar-refractivity contribution in [3.05, 3.63) is 0 Å². The molecule has 0 heterocycles. The first kappa shape index (κ1) is 13.3. The summed E-state index contributed by atoms with van der Waals surface area (Å²) in [5.74, 6) is -0.139. The predicted molar refractivity (Wildman–Crippen MR) is 59.0 cm³/mol. The molecular formula is C11H21NO4. The maximum Gasteiger partial charge on any atom is 0.407 e. The predicted octanol–water partition coefficient (Wildman–Crippen LogP) is 0.643. The smallest absolute Gasteiger partial charge is 0.407 e. The molecule has 94 valence electrons. The lowest BCUT2D eigenvalue weighted by atomic mass is 10.1. The van der Waals surface area contributed by atoms with Gasteiger partial charge in [0.05, 0.1) is 6.10 Å². The van der Waals surface area contributed by atoms with Crippen molar-refractivity contribution >= 4 is 6.09 Å². The number of carbonyl (C=O) groups excluding carboxylic acids is 1. The Morgan fingerprint density at radius 3 is 2.50 bits per heavy atom. The zero-order chi connectivity index (χ0) is 12.3. The Hall–Kier alpha value is -0.810. The standard InChI is InChI=1S/C11H21NO4/c1-11(2,3)16-10(15)12-8-4-7(6-13)9(14)5-8/h7-9,13-14H,4-6H2,1-3H3,(H,12,15). The van der Waals surface area contributed by atoms with E-state index in [0.717, 1.165) is 0 Å². The first-order chi connectivity index (χ1) is 7.31. The van der Waals surface area contributed by atoms with Crippen LogP contribution in [0, 0.1) is 5.92 Å². The van der Waals surface area contributed by atoms with Crippen LogP contribution in [-0.2, 0) is 4.74 Å². The maximum atomic E-state index is 11.4. The Labute approximate surface area is 95.8 Å². The molecule has 0 aromatic rings. The number of hydrogen-bond donors (Lipinski definition) is 3. The zero-order valence-electron chi connectivity index (χ0n) is 10.1. The molecule has 0 saturated heterocycles. The van der Waals surface area contributed by atoms with E-state index >= 15 is 0 Å². The summed E-state index contributed by atoms with van der Waals surface area (Å²) in [7, 11) is 0. The van der Waals surface area contributed by atoms with Gasteiger partial charge in [-0.15, -0.1) is 0 Å². The lowest BCUT2D eigenvalue weighted by molar-refractivity contribution is 0.0502. The van der Waals surface area contributed by atoms with Crippen molar-refractivity contribution in [3.8, 4) is 0 Å². The molecule has 1 rings (SSSR count). The van der Waals surface area contributed by atoms with Gasteiger partial charge in [0.2, 0.25) is 0 Å². The second-order valence-corrected chi connectivity index (χ2v) is 5.32. The van der Waals surface area contributed by atoms with E-state index in [1.54, 1.807) is 20.8 Å². The van der Waals surface area contributed by atoms with Crippen LogP contribution in [-0.4, -0.2) is 40.7 Å². The van der Waals surface area contributed by atoms with Crippen LogP contribution in [0.3, 0.4) is 0 Å². The van der Waals surface area contributed by atoms with Gasteiger partial charge in [-0.05, 0) is 33.6 Å². The molecule has 3 unspecified atom stereocenters. The Morgan fingerprint density at radius 1 is 1.44 bits per heavy atom. The van der Waals surface area contributed by atoms with E-state index in [1.807, 2.05) is 0 Å². The fourth-order valence-electron chi connectivity index (χ4n) is 1.89. The number of aliphatic hydroxyl groups excluding tert-OH is 2. The van der Waals surface area contributed by atoms with Crippen LogP contribution in [0.25, 0.3) is 0 Å². The number of carbonyl (C=O) groups is 1. The molecule has 0 spiro atoms. The van der Waals surface area contributed by atoms with Crippen LogP contribution in [0.5, 0.6) is 0 Å². The number of nitrogens with one attached hydrogen (secondary N) is 1.